The molecule has 0 amide bonds. The summed E-state index contributed by atoms with van der Waals surface area (Å²) in [7, 11) is 0. The van der Waals surface area contributed by atoms with Gasteiger partial charge in [0.05, 0.1) is 15.9 Å². The van der Waals surface area contributed by atoms with Gasteiger partial charge >= 0.3 is 0 Å². The fourth-order valence-electron chi connectivity index (χ4n) is 2.12. The van der Waals surface area contributed by atoms with Gasteiger partial charge in [0.15, 0.2) is 0 Å². The first-order valence-electron chi connectivity index (χ1n) is 6.43. The SMILES string of the molecule is Nc1nc(-c2ccccc2)cc(-c2cc(Br)cc(Br)c2O)n1. The van der Waals surface area contributed by atoms with Gasteiger partial charge in [-0.15, -0.1) is 0 Å². The number of nitrogens with zero attached hydrogens (tertiary/aromatic N) is 2. The molecule has 0 aliphatic heterocycles. The lowest BCUT2D eigenvalue weighted by Gasteiger charge is -2.09. The van der Waals surface area contributed by atoms with Gasteiger partial charge in [0, 0.05) is 15.6 Å². The fourth-order valence-corrected chi connectivity index (χ4v) is 3.35. The number of nitrogens with two attached hydrogens (primary N) is 1. The third kappa shape index (κ3) is 2.98. The number of aromatic nitrogens is 2. The zero-order chi connectivity index (χ0) is 15.7. The number of benzene rings is 2. The van der Waals surface area contributed by atoms with Gasteiger partial charge in [0.25, 0.3) is 0 Å². The number of rotatable bonds is 2. The van der Waals surface area contributed by atoms with Crippen LogP contribution in [-0.2, 0) is 0 Å². The molecule has 110 valence electrons. The van der Waals surface area contributed by atoms with E-state index in [9.17, 15) is 5.11 Å². The number of phenols is 1. The Balaban J connectivity index is 2.19. The molecule has 1 heterocycles. The van der Waals surface area contributed by atoms with Gasteiger partial charge in [-0.2, -0.15) is 0 Å². The lowest BCUT2D eigenvalue weighted by atomic mass is 10.1. The van der Waals surface area contributed by atoms with Crippen molar-refractivity contribution in [2.45, 2.75) is 0 Å². The molecule has 0 aliphatic carbocycles. The number of nitrogen functional groups attached to an aromatic ring is 1. The van der Waals surface area contributed by atoms with Crippen LogP contribution >= 0.6 is 31.9 Å². The Kier molecular flexibility index (Phi) is 4.13. The summed E-state index contributed by atoms with van der Waals surface area (Å²) in [6, 6.07) is 15.1. The van der Waals surface area contributed by atoms with Crippen LogP contribution < -0.4 is 5.73 Å². The first-order chi connectivity index (χ1) is 10.5. The van der Waals surface area contributed by atoms with Crippen LogP contribution in [0.4, 0.5) is 5.95 Å². The highest BCUT2D eigenvalue weighted by Crippen LogP contribution is 2.38. The Morgan fingerprint density at radius 1 is 0.909 bits per heavy atom. The van der Waals surface area contributed by atoms with Gasteiger partial charge in [-0.05, 0) is 34.1 Å². The van der Waals surface area contributed by atoms with Gasteiger partial charge in [-0.25, -0.2) is 9.97 Å². The number of hydrogen-bond acceptors (Lipinski definition) is 4. The van der Waals surface area contributed by atoms with Gasteiger partial charge in [-0.1, -0.05) is 46.3 Å². The molecule has 3 N–H and O–H groups in total. The topological polar surface area (TPSA) is 72.0 Å². The van der Waals surface area contributed by atoms with Crippen LogP contribution in [0.5, 0.6) is 5.75 Å². The number of aromatic hydroxyl groups is 1. The maximum atomic E-state index is 10.3. The van der Waals surface area contributed by atoms with Gasteiger partial charge in [-0.3, -0.25) is 0 Å². The van der Waals surface area contributed by atoms with Crippen molar-refractivity contribution >= 4 is 37.8 Å². The van der Waals surface area contributed by atoms with E-state index in [2.05, 4.69) is 41.8 Å². The molecule has 3 rings (SSSR count). The monoisotopic (exact) mass is 419 g/mol. The van der Waals surface area contributed by atoms with Crippen molar-refractivity contribution in [3.8, 4) is 28.3 Å². The average molecular weight is 421 g/mol. The van der Waals surface area contributed by atoms with E-state index in [0.29, 0.717) is 21.4 Å². The minimum absolute atomic E-state index is 0.111. The number of halogens is 2. The minimum atomic E-state index is 0.111. The summed E-state index contributed by atoms with van der Waals surface area (Å²) >= 11 is 6.73. The molecular formula is C16H11Br2N3O. The molecule has 0 atom stereocenters. The molecule has 6 heteroatoms. The van der Waals surface area contributed by atoms with Crippen LogP contribution in [0.2, 0.25) is 0 Å². The van der Waals surface area contributed by atoms with Crippen LogP contribution in [-0.4, -0.2) is 15.1 Å². The van der Waals surface area contributed by atoms with Crippen LogP contribution in [0.15, 0.2) is 57.5 Å². The van der Waals surface area contributed by atoms with Gasteiger partial charge < -0.3 is 10.8 Å². The molecular weight excluding hydrogens is 410 g/mol. The Hall–Kier alpha value is -1.92. The molecule has 0 fully saturated rings. The predicted octanol–water partition coefficient (Wildman–Crippen LogP) is 4.62. The van der Waals surface area contributed by atoms with E-state index in [4.69, 9.17) is 5.73 Å². The van der Waals surface area contributed by atoms with E-state index >= 15 is 0 Å². The molecule has 0 bridgehead atoms. The van der Waals surface area contributed by atoms with Crippen LogP contribution in [0, 0.1) is 0 Å². The minimum Gasteiger partial charge on any atom is -0.506 e. The highest BCUT2D eigenvalue weighted by atomic mass is 79.9. The van der Waals surface area contributed by atoms with Crippen molar-refractivity contribution in [2.24, 2.45) is 0 Å². The van der Waals surface area contributed by atoms with Crippen LogP contribution in [0.1, 0.15) is 0 Å². The normalized spacial score (nSPS) is 10.6. The third-order valence-electron chi connectivity index (χ3n) is 3.12. The summed E-state index contributed by atoms with van der Waals surface area (Å²) < 4.78 is 1.40. The molecule has 0 radical (unpaired) electrons. The number of hydrogen-bond donors (Lipinski definition) is 2. The first kappa shape index (κ1) is 15.0. The largest absolute Gasteiger partial charge is 0.506 e. The summed E-state index contributed by atoms with van der Waals surface area (Å²) in [5, 5.41) is 10.3. The van der Waals surface area contributed by atoms with E-state index < -0.39 is 0 Å². The average Bonchev–Trinajstić information content (AvgIpc) is 2.51. The zero-order valence-corrected chi connectivity index (χ0v) is 14.5. The highest BCUT2D eigenvalue weighted by Gasteiger charge is 2.13. The quantitative estimate of drug-likeness (QED) is 0.634. The summed E-state index contributed by atoms with van der Waals surface area (Å²) in [6.07, 6.45) is 0. The Bertz CT molecular complexity index is 838. The second kappa shape index (κ2) is 6.06. The molecule has 0 unspecified atom stereocenters. The lowest BCUT2D eigenvalue weighted by molar-refractivity contribution is 0.473. The van der Waals surface area contributed by atoms with Crippen LogP contribution in [0.25, 0.3) is 22.5 Å². The maximum Gasteiger partial charge on any atom is 0.221 e. The predicted molar refractivity (Wildman–Crippen MR) is 94.4 cm³/mol. The molecule has 2 aromatic carbocycles. The lowest BCUT2D eigenvalue weighted by Crippen LogP contribution is -1.99. The molecule has 0 saturated carbocycles. The van der Waals surface area contributed by atoms with Crippen molar-refractivity contribution in [3.05, 3.63) is 57.5 Å². The summed E-state index contributed by atoms with van der Waals surface area (Å²) in [6.45, 7) is 0. The van der Waals surface area contributed by atoms with Gasteiger partial charge in [0.2, 0.25) is 5.95 Å². The summed E-state index contributed by atoms with van der Waals surface area (Å²) in [5.41, 5.74) is 8.61. The van der Waals surface area contributed by atoms with Crippen molar-refractivity contribution in [1.82, 2.24) is 9.97 Å². The first-order valence-corrected chi connectivity index (χ1v) is 8.01. The third-order valence-corrected chi connectivity index (χ3v) is 4.18. The second-order valence-corrected chi connectivity index (χ2v) is 6.42. The maximum absolute atomic E-state index is 10.3. The Labute approximate surface area is 144 Å². The van der Waals surface area contributed by atoms with Crippen molar-refractivity contribution in [2.75, 3.05) is 5.73 Å². The van der Waals surface area contributed by atoms with Crippen LogP contribution in [0.3, 0.4) is 0 Å². The summed E-state index contributed by atoms with van der Waals surface area (Å²) in [5.74, 6) is 0.271. The molecule has 0 spiro atoms. The van der Waals surface area contributed by atoms with Crippen molar-refractivity contribution in [1.29, 1.82) is 0 Å². The van der Waals surface area contributed by atoms with Crippen molar-refractivity contribution < 1.29 is 5.11 Å². The molecule has 3 aromatic rings. The van der Waals surface area contributed by atoms with E-state index in [1.165, 1.54) is 0 Å². The van der Waals surface area contributed by atoms with Crippen molar-refractivity contribution in [3.63, 3.8) is 0 Å². The second-order valence-electron chi connectivity index (χ2n) is 4.65. The zero-order valence-electron chi connectivity index (χ0n) is 11.3. The number of phenolic OH excluding ortho intramolecular Hbond substituents is 1. The smallest absolute Gasteiger partial charge is 0.221 e. The molecule has 4 nitrogen and oxygen atoms in total. The van der Waals surface area contributed by atoms with Gasteiger partial charge in [0.1, 0.15) is 5.75 Å². The number of anilines is 1. The molecule has 1 aromatic heterocycles. The molecule has 0 saturated heterocycles. The van der Waals surface area contributed by atoms with E-state index in [1.54, 1.807) is 18.2 Å². The summed E-state index contributed by atoms with van der Waals surface area (Å²) in [4.78, 5) is 8.50. The molecule has 0 aliphatic rings. The highest BCUT2D eigenvalue weighted by molar-refractivity contribution is 9.11. The Morgan fingerprint density at radius 2 is 1.59 bits per heavy atom. The van der Waals surface area contributed by atoms with E-state index in [-0.39, 0.29) is 11.7 Å². The standard InChI is InChI=1S/C16H11Br2N3O/c17-10-6-11(15(22)12(18)7-10)14-8-13(20-16(19)21-14)9-4-2-1-3-5-9/h1-8,22H,(H2,19,20,21). The van der Waals surface area contributed by atoms with E-state index in [1.807, 2.05) is 30.3 Å². The fraction of sp³-hybridized carbons (Fsp3) is 0. The van der Waals surface area contributed by atoms with E-state index in [0.717, 1.165) is 10.0 Å². The molecule has 22 heavy (non-hydrogen) atoms. The Morgan fingerprint density at radius 3 is 2.32 bits per heavy atom.